The number of nitrogens with one attached hydrogen (secondary N) is 1. The van der Waals surface area contributed by atoms with Crippen LogP contribution in [-0.4, -0.2) is 10.5 Å². The minimum absolute atomic E-state index is 0.222. The Bertz CT molecular complexity index is 796. The summed E-state index contributed by atoms with van der Waals surface area (Å²) >= 11 is 0. The summed E-state index contributed by atoms with van der Waals surface area (Å²) in [4.78, 5) is 24.6. The second kappa shape index (κ2) is 5.86. The van der Waals surface area contributed by atoms with E-state index in [0.29, 0.717) is 11.3 Å². The molecule has 1 aromatic heterocycles. The zero-order valence-electron chi connectivity index (χ0n) is 12.8. The van der Waals surface area contributed by atoms with Gasteiger partial charge in [-0.2, -0.15) is 5.26 Å². The number of rotatable bonds is 3. The van der Waals surface area contributed by atoms with Gasteiger partial charge in [0, 0.05) is 18.0 Å². The van der Waals surface area contributed by atoms with Crippen molar-refractivity contribution in [3.8, 4) is 6.07 Å². The molecule has 0 aliphatic carbocycles. The van der Waals surface area contributed by atoms with Crippen LogP contribution in [0.5, 0.6) is 0 Å². The van der Waals surface area contributed by atoms with Crippen molar-refractivity contribution in [1.29, 1.82) is 5.26 Å². The van der Waals surface area contributed by atoms with Crippen LogP contribution in [0.1, 0.15) is 25.0 Å². The third kappa shape index (κ3) is 3.07. The molecule has 5 heteroatoms. The van der Waals surface area contributed by atoms with Crippen LogP contribution in [0.2, 0.25) is 0 Å². The lowest BCUT2D eigenvalue weighted by atomic mass is 10.0. The Morgan fingerprint density at radius 1 is 1.23 bits per heavy atom. The number of anilines is 1. The highest BCUT2D eigenvalue weighted by Crippen LogP contribution is 2.17. The highest BCUT2D eigenvalue weighted by Gasteiger charge is 2.30. The van der Waals surface area contributed by atoms with E-state index in [-0.39, 0.29) is 11.5 Å². The van der Waals surface area contributed by atoms with E-state index in [2.05, 4.69) is 5.32 Å². The van der Waals surface area contributed by atoms with E-state index in [1.165, 1.54) is 10.6 Å². The molecule has 0 aliphatic rings. The van der Waals surface area contributed by atoms with E-state index < -0.39 is 5.54 Å². The first kappa shape index (κ1) is 15.5. The molecule has 1 heterocycles. The van der Waals surface area contributed by atoms with Crippen LogP contribution < -0.4 is 10.9 Å². The van der Waals surface area contributed by atoms with Crippen molar-refractivity contribution in [2.45, 2.75) is 26.3 Å². The van der Waals surface area contributed by atoms with E-state index in [1.807, 2.05) is 13.0 Å². The summed E-state index contributed by atoms with van der Waals surface area (Å²) in [6.45, 7) is 5.20. The molecule has 0 fully saturated rings. The fourth-order valence-corrected chi connectivity index (χ4v) is 2.06. The summed E-state index contributed by atoms with van der Waals surface area (Å²) in [5.74, 6) is -0.303. The lowest BCUT2D eigenvalue weighted by Crippen LogP contribution is -2.45. The Balaban J connectivity index is 2.26. The van der Waals surface area contributed by atoms with E-state index in [9.17, 15) is 9.59 Å². The smallest absolute Gasteiger partial charge is 0.251 e. The van der Waals surface area contributed by atoms with Crippen LogP contribution in [-0.2, 0) is 10.3 Å². The quantitative estimate of drug-likeness (QED) is 0.944. The van der Waals surface area contributed by atoms with Crippen molar-refractivity contribution >= 4 is 11.6 Å². The predicted octanol–water partition coefficient (Wildman–Crippen LogP) is 2.40. The Hall–Kier alpha value is -2.87. The van der Waals surface area contributed by atoms with Gasteiger partial charge in [0.2, 0.25) is 5.91 Å². The van der Waals surface area contributed by atoms with Gasteiger partial charge in [-0.3, -0.25) is 9.59 Å². The molecule has 0 radical (unpaired) electrons. The topological polar surface area (TPSA) is 74.9 Å². The molecule has 0 atom stereocenters. The van der Waals surface area contributed by atoms with Gasteiger partial charge in [-0.25, -0.2) is 0 Å². The Kier molecular flexibility index (Phi) is 4.13. The van der Waals surface area contributed by atoms with Gasteiger partial charge in [0.1, 0.15) is 5.54 Å². The van der Waals surface area contributed by atoms with Gasteiger partial charge in [-0.15, -0.1) is 0 Å². The largest absolute Gasteiger partial charge is 0.324 e. The summed E-state index contributed by atoms with van der Waals surface area (Å²) in [5, 5.41) is 11.5. The normalized spacial score (nSPS) is 10.8. The second-order valence-corrected chi connectivity index (χ2v) is 5.61. The van der Waals surface area contributed by atoms with Crippen molar-refractivity contribution in [3.05, 3.63) is 64.1 Å². The average Bonchev–Trinajstić information content (AvgIpc) is 2.47. The molecule has 0 bridgehead atoms. The first-order chi connectivity index (χ1) is 10.3. The molecule has 22 heavy (non-hydrogen) atoms. The molecule has 112 valence electrons. The van der Waals surface area contributed by atoms with Crippen LogP contribution in [0.15, 0.2) is 47.4 Å². The van der Waals surface area contributed by atoms with Crippen molar-refractivity contribution in [3.63, 3.8) is 0 Å². The van der Waals surface area contributed by atoms with Gasteiger partial charge < -0.3 is 9.88 Å². The van der Waals surface area contributed by atoms with Gasteiger partial charge in [-0.1, -0.05) is 0 Å². The van der Waals surface area contributed by atoms with Crippen LogP contribution in [0.25, 0.3) is 0 Å². The molecular weight excluding hydrogens is 278 g/mol. The summed E-state index contributed by atoms with van der Waals surface area (Å²) in [7, 11) is 0. The van der Waals surface area contributed by atoms with Crippen LogP contribution in [0.3, 0.4) is 0 Å². The molecule has 1 amide bonds. The Labute approximate surface area is 128 Å². The Morgan fingerprint density at radius 2 is 1.86 bits per heavy atom. The third-order valence-electron chi connectivity index (χ3n) is 3.50. The highest BCUT2D eigenvalue weighted by atomic mass is 16.2. The lowest BCUT2D eigenvalue weighted by molar-refractivity contribution is -0.123. The SMILES string of the molecule is Cc1ccn(C(C)(C)C(=O)Nc2ccc(C#N)cc2)c(=O)c1. The third-order valence-corrected chi connectivity index (χ3v) is 3.50. The van der Waals surface area contributed by atoms with Crippen LogP contribution >= 0.6 is 0 Å². The molecule has 2 aromatic rings. The minimum atomic E-state index is -1.03. The maximum absolute atomic E-state index is 12.5. The molecular formula is C17H17N3O2. The number of aryl methyl sites for hydroxylation is 1. The molecule has 0 unspecified atom stereocenters. The molecule has 0 aliphatic heterocycles. The van der Waals surface area contributed by atoms with Crippen LogP contribution in [0, 0.1) is 18.3 Å². The van der Waals surface area contributed by atoms with E-state index in [0.717, 1.165) is 5.56 Å². The van der Waals surface area contributed by atoms with Crippen molar-refractivity contribution < 1.29 is 4.79 Å². The van der Waals surface area contributed by atoms with Crippen LogP contribution in [0.4, 0.5) is 5.69 Å². The number of hydrogen-bond donors (Lipinski definition) is 1. The van der Waals surface area contributed by atoms with Gasteiger partial charge in [0.05, 0.1) is 11.6 Å². The van der Waals surface area contributed by atoms with Crippen molar-refractivity contribution in [1.82, 2.24) is 4.57 Å². The van der Waals surface area contributed by atoms with Gasteiger partial charge in [0.15, 0.2) is 0 Å². The summed E-state index contributed by atoms with van der Waals surface area (Å²) in [6.07, 6.45) is 1.62. The lowest BCUT2D eigenvalue weighted by Gasteiger charge is -2.26. The fraction of sp³-hybridized carbons (Fsp3) is 0.235. The first-order valence-electron chi connectivity index (χ1n) is 6.86. The molecule has 0 spiro atoms. The number of aromatic nitrogens is 1. The summed E-state index contributed by atoms with van der Waals surface area (Å²) < 4.78 is 1.40. The number of nitrogens with zero attached hydrogens (tertiary/aromatic N) is 2. The number of pyridine rings is 1. The van der Waals surface area contributed by atoms with Crippen molar-refractivity contribution in [2.75, 3.05) is 5.32 Å². The van der Waals surface area contributed by atoms with Crippen molar-refractivity contribution in [2.24, 2.45) is 0 Å². The summed E-state index contributed by atoms with van der Waals surface area (Å²) in [5.41, 5.74) is 0.701. The second-order valence-electron chi connectivity index (χ2n) is 5.61. The van der Waals surface area contributed by atoms with Gasteiger partial charge in [0.25, 0.3) is 5.56 Å². The fourth-order valence-electron chi connectivity index (χ4n) is 2.06. The number of benzene rings is 1. The molecule has 1 N–H and O–H groups in total. The standard InChI is InChI=1S/C17H17N3O2/c1-12-8-9-20(15(21)10-12)17(2,3)16(22)19-14-6-4-13(11-18)5-7-14/h4-10H,1-3H3,(H,19,22). The molecule has 5 nitrogen and oxygen atoms in total. The van der Waals surface area contributed by atoms with Gasteiger partial charge in [-0.05, 0) is 56.7 Å². The molecule has 0 saturated heterocycles. The molecule has 1 aromatic carbocycles. The molecule has 2 rings (SSSR count). The monoisotopic (exact) mass is 295 g/mol. The highest BCUT2D eigenvalue weighted by molar-refractivity contribution is 5.96. The maximum atomic E-state index is 12.5. The molecule has 0 saturated carbocycles. The maximum Gasteiger partial charge on any atom is 0.251 e. The summed E-state index contributed by atoms with van der Waals surface area (Å²) in [6, 6.07) is 11.9. The average molecular weight is 295 g/mol. The zero-order chi connectivity index (χ0) is 16.3. The zero-order valence-corrected chi connectivity index (χ0v) is 12.8. The Morgan fingerprint density at radius 3 is 2.41 bits per heavy atom. The first-order valence-corrected chi connectivity index (χ1v) is 6.86. The number of amides is 1. The number of carbonyl (C=O) groups excluding carboxylic acids is 1. The predicted molar refractivity (Wildman–Crippen MR) is 84.5 cm³/mol. The van der Waals surface area contributed by atoms with E-state index in [1.54, 1.807) is 50.4 Å². The number of carbonyl (C=O) groups is 1. The number of hydrogen-bond acceptors (Lipinski definition) is 3. The number of nitriles is 1. The van der Waals surface area contributed by atoms with E-state index >= 15 is 0 Å². The minimum Gasteiger partial charge on any atom is -0.324 e. The van der Waals surface area contributed by atoms with E-state index in [4.69, 9.17) is 5.26 Å². The van der Waals surface area contributed by atoms with Gasteiger partial charge >= 0.3 is 0 Å².